The monoisotopic (exact) mass is 388 g/mol. The molecule has 0 radical (unpaired) electrons. The van der Waals surface area contributed by atoms with E-state index in [1.807, 2.05) is 12.3 Å². The molecule has 0 unspecified atom stereocenters. The molecule has 6 nitrogen and oxygen atoms in total. The zero-order valence-electron chi connectivity index (χ0n) is 15.7. The number of amides is 1. The second kappa shape index (κ2) is 7.40. The summed E-state index contributed by atoms with van der Waals surface area (Å²) in [5, 5.41) is 22.3. The number of aromatic carboxylic acids is 1. The average Bonchev–Trinajstić information content (AvgIpc) is 3.12. The van der Waals surface area contributed by atoms with Crippen molar-refractivity contribution in [3.8, 4) is 0 Å². The highest BCUT2D eigenvalue weighted by molar-refractivity contribution is 7.09. The van der Waals surface area contributed by atoms with Gasteiger partial charge in [-0.05, 0) is 45.7 Å². The van der Waals surface area contributed by atoms with Gasteiger partial charge in [0.05, 0.1) is 21.8 Å². The summed E-state index contributed by atoms with van der Waals surface area (Å²) < 4.78 is 0. The fourth-order valence-electron chi connectivity index (χ4n) is 3.36. The zero-order chi connectivity index (χ0) is 19.8. The average molecular weight is 388 g/mol. The number of likely N-dealkylation sites (tertiary alicyclic amines) is 1. The maximum Gasteiger partial charge on any atom is 0.336 e. The fourth-order valence-corrected chi connectivity index (χ4v) is 4.47. The molecule has 0 saturated carbocycles. The number of rotatable bonds is 4. The van der Waals surface area contributed by atoms with E-state index < -0.39 is 11.6 Å². The molecule has 2 N–H and O–H groups in total. The molecule has 2 atom stereocenters. The van der Waals surface area contributed by atoms with Crippen LogP contribution in [0.1, 0.15) is 70.9 Å². The van der Waals surface area contributed by atoms with Crippen LogP contribution in [0.25, 0.3) is 0 Å². The summed E-state index contributed by atoms with van der Waals surface area (Å²) in [7, 11) is 0. The number of nitrogens with zero attached hydrogens (tertiary/aromatic N) is 2. The normalized spacial score (nSPS) is 20.5. The van der Waals surface area contributed by atoms with Crippen molar-refractivity contribution in [1.82, 2.24) is 9.88 Å². The summed E-state index contributed by atoms with van der Waals surface area (Å²) in [5.41, 5.74) is -0.119. The van der Waals surface area contributed by atoms with Crippen LogP contribution in [0.3, 0.4) is 0 Å². The lowest BCUT2D eigenvalue weighted by molar-refractivity contribution is 0.0589. The minimum absolute atomic E-state index is 0.0235. The summed E-state index contributed by atoms with van der Waals surface area (Å²) in [6.45, 7) is 5.88. The smallest absolute Gasteiger partial charge is 0.336 e. The lowest BCUT2D eigenvalue weighted by atomic mass is 9.92. The Balaban J connectivity index is 1.85. The lowest BCUT2D eigenvalue weighted by Crippen LogP contribution is -2.45. The molecule has 144 valence electrons. The number of carboxylic acids is 1. The number of hydrogen-bond acceptors (Lipinski definition) is 5. The summed E-state index contributed by atoms with van der Waals surface area (Å²) in [4.78, 5) is 30.9. The molecule has 27 heavy (non-hydrogen) atoms. The third-order valence-electron chi connectivity index (χ3n) is 5.03. The number of aromatic nitrogens is 1. The topological polar surface area (TPSA) is 90.7 Å². The van der Waals surface area contributed by atoms with Crippen molar-refractivity contribution in [2.75, 3.05) is 6.54 Å². The highest BCUT2D eigenvalue weighted by Crippen LogP contribution is 2.34. The number of aliphatic hydroxyl groups is 1. The molecule has 0 aliphatic carbocycles. The molecular weight excluding hydrogens is 364 g/mol. The van der Waals surface area contributed by atoms with E-state index >= 15 is 0 Å². The van der Waals surface area contributed by atoms with E-state index in [4.69, 9.17) is 0 Å². The van der Waals surface area contributed by atoms with Gasteiger partial charge < -0.3 is 15.1 Å². The van der Waals surface area contributed by atoms with E-state index in [1.54, 1.807) is 36.9 Å². The number of benzene rings is 1. The molecule has 3 rings (SSSR count). The first kappa shape index (κ1) is 19.5. The van der Waals surface area contributed by atoms with Crippen molar-refractivity contribution in [2.45, 2.75) is 51.2 Å². The van der Waals surface area contributed by atoms with E-state index in [0.717, 1.165) is 17.8 Å². The van der Waals surface area contributed by atoms with Gasteiger partial charge in [0.15, 0.2) is 0 Å². The van der Waals surface area contributed by atoms with Crippen LogP contribution in [0.15, 0.2) is 29.6 Å². The molecule has 7 heteroatoms. The summed E-state index contributed by atoms with van der Waals surface area (Å²) >= 11 is 1.50. The molecule has 1 aliphatic heterocycles. The maximum atomic E-state index is 13.1. The van der Waals surface area contributed by atoms with E-state index in [2.05, 4.69) is 4.98 Å². The predicted molar refractivity (Wildman–Crippen MR) is 103 cm³/mol. The van der Waals surface area contributed by atoms with Gasteiger partial charge in [-0.25, -0.2) is 9.78 Å². The Morgan fingerprint density at radius 2 is 1.89 bits per heavy atom. The van der Waals surface area contributed by atoms with Gasteiger partial charge in [-0.1, -0.05) is 12.1 Å². The molecule has 1 aromatic heterocycles. The molecule has 1 amide bonds. The van der Waals surface area contributed by atoms with Crippen LogP contribution in [0, 0.1) is 0 Å². The molecule has 1 fully saturated rings. The zero-order valence-corrected chi connectivity index (χ0v) is 16.5. The third kappa shape index (κ3) is 4.04. The predicted octanol–water partition coefficient (Wildman–Crippen LogP) is 3.48. The van der Waals surface area contributed by atoms with Gasteiger partial charge in [0.1, 0.15) is 5.60 Å². The van der Waals surface area contributed by atoms with Crippen LogP contribution in [0.2, 0.25) is 0 Å². The van der Waals surface area contributed by atoms with Crippen LogP contribution >= 0.6 is 11.3 Å². The minimum Gasteiger partial charge on any atom is -0.478 e. The van der Waals surface area contributed by atoms with Crippen molar-refractivity contribution < 1.29 is 19.8 Å². The molecule has 2 heterocycles. The van der Waals surface area contributed by atoms with Crippen LogP contribution in [-0.4, -0.2) is 44.6 Å². The molecule has 0 bridgehead atoms. The third-order valence-corrected chi connectivity index (χ3v) is 6.04. The molecule has 2 aromatic rings. The quantitative estimate of drug-likeness (QED) is 0.837. The number of carbonyl (C=O) groups excluding carboxylic acids is 1. The van der Waals surface area contributed by atoms with Crippen LogP contribution in [0.5, 0.6) is 0 Å². The van der Waals surface area contributed by atoms with Crippen LogP contribution in [0.4, 0.5) is 0 Å². The fraction of sp³-hybridized carbons (Fsp3) is 0.450. The molecule has 1 aliphatic rings. The van der Waals surface area contributed by atoms with Gasteiger partial charge in [0.2, 0.25) is 0 Å². The number of piperidine rings is 1. The Labute approximate surface area is 162 Å². The first-order valence-electron chi connectivity index (χ1n) is 9.00. The molecule has 1 aromatic carbocycles. The Morgan fingerprint density at radius 3 is 2.48 bits per heavy atom. The van der Waals surface area contributed by atoms with Crippen molar-refractivity contribution in [3.63, 3.8) is 0 Å². The van der Waals surface area contributed by atoms with Crippen molar-refractivity contribution in [3.05, 3.63) is 51.5 Å². The van der Waals surface area contributed by atoms with Crippen LogP contribution in [-0.2, 0) is 5.60 Å². The summed E-state index contributed by atoms with van der Waals surface area (Å²) in [6, 6.07) is 6.36. The lowest BCUT2D eigenvalue weighted by Gasteiger charge is -2.37. The first-order chi connectivity index (χ1) is 12.7. The standard InChI is InChI=1S/C20H24N2O4S/c1-12-8-9-13(17-21-16(11-27-17)20(2,3)26)10-22(12)18(23)14-6-4-5-7-15(14)19(24)25/h4-7,11-13,26H,8-10H2,1-3H3,(H,24,25)/t12-,13-/m1/s1. The SMILES string of the molecule is C[C@@H]1CC[C@@H](c2nc(C(C)(C)O)cs2)CN1C(=O)c1ccccc1C(=O)O. The number of hydrogen-bond donors (Lipinski definition) is 2. The van der Waals surface area contributed by atoms with Gasteiger partial charge in [-0.15, -0.1) is 11.3 Å². The largest absolute Gasteiger partial charge is 0.478 e. The van der Waals surface area contributed by atoms with Gasteiger partial charge in [0, 0.05) is 23.9 Å². The van der Waals surface area contributed by atoms with Crippen molar-refractivity contribution in [2.24, 2.45) is 0 Å². The number of carboxylic acid groups (broad SMARTS) is 1. The van der Waals surface area contributed by atoms with Crippen LogP contribution < -0.4 is 0 Å². The van der Waals surface area contributed by atoms with Gasteiger partial charge >= 0.3 is 5.97 Å². The van der Waals surface area contributed by atoms with E-state index in [9.17, 15) is 19.8 Å². The first-order valence-corrected chi connectivity index (χ1v) is 9.88. The second-order valence-electron chi connectivity index (χ2n) is 7.56. The van der Waals surface area contributed by atoms with Crippen molar-refractivity contribution in [1.29, 1.82) is 0 Å². The van der Waals surface area contributed by atoms with Gasteiger partial charge in [-0.3, -0.25) is 4.79 Å². The second-order valence-corrected chi connectivity index (χ2v) is 8.45. The summed E-state index contributed by atoms with van der Waals surface area (Å²) in [6.07, 6.45) is 1.73. The van der Waals surface area contributed by atoms with Crippen molar-refractivity contribution >= 4 is 23.2 Å². The van der Waals surface area contributed by atoms with Gasteiger partial charge in [0.25, 0.3) is 5.91 Å². The highest BCUT2D eigenvalue weighted by atomic mass is 32.1. The summed E-state index contributed by atoms with van der Waals surface area (Å²) in [5.74, 6) is -1.28. The Morgan fingerprint density at radius 1 is 1.22 bits per heavy atom. The number of carbonyl (C=O) groups is 2. The Hall–Kier alpha value is -2.25. The molecule has 1 saturated heterocycles. The Kier molecular flexibility index (Phi) is 5.35. The highest BCUT2D eigenvalue weighted by Gasteiger charge is 2.33. The molecular formula is C20H24N2O4S. The van der Waals surface area contributed by atoms with Gasteiger partial charge in [-0.2, -0.15) is 0 Å². The van der Waals surface area contributed by atoms with E-state index in [-0.39, 0.29) is 29.0 Å². The maximum absolute atomic E-state index is 13.1. The van der Waals surface area contributed by atoms with E-state index in [0.29, 0.717) is 12.2 Å². The Bertz CT molecular complexity index is 856. The number of thiazole rings is 1. The van der Waals surface area contributed by atoms with E-state index in [1.165, 1.54) is 17.4 Å². The molecule has 0 spiro atoms. The minimum atomic E-state index is -1.10.